The van der Waals surface area contributed by atoms with Gasteiger partial charge < -0.3 is 14.8 Å². The summed E-state index contributed by atoms with van der Waals surface area (Å²) in [6.45, 7) is 1.30. The average molecular weight is 300 g/mol. The zero-order valence-electron chi connectivity index (χ0n) is 12.6. The highest BCUT2D eigenvalue weighted by Gasteiger charge is 2.29. The van der Waals surface area contributed by atoms with Crippen LogP contribution in [0.3, 0.4) is 0 Å². The molecule has 2 heterocycles. The van der Waals surface area contributed by atoms with Gasteiger partial charge in [0.2, 0.25) is 5.91 Å². The minimum atomic E-state index is -0.0948. The van der Waals surface area contributed by atoms with Gasteiger partial charge in [-0.3, -0.25) is 9.78 Å². The van der Waals surface area contributed by atoms with Gasteiger partial charge in [0, 0.05) is 24.6 Å². The minimum Gasteiger partial charge on any atom is -0.379 e. The number of hydrogen-bond acceptors (Lipinski definition) is 4. The predicted octanol–water partition coefficient (Wildman–Crippen LogP) is 1.55. The van der Waals surface area contributed by atoms with E-state index in [4.69, 9.17) is 9.47 Å². The van der Waals surface area contributed by atoms with Gasteiger partial charge >= 0.3 is 0 Å². The standard InChI is InChI=1S/C17H20N2O3/c1-21-11-17(20)19-16-10-22-9-13(16)8-12-6-7-18-15-5-3-2-4-14(12)15/h2-7,13,16H,8-11H2,1H3,(H,19,20)/t13-,16+/m1/s1. The monoisotopic (exact) mass is 300 g/mol. The lowest BCUT2D eigenvalue weighted by molar-refractivity contribution is -0.125. The molecule has 2 aromatic rings. The Morgan fingerprint density at radius 1 is 1.36 bits per heavy atom. The first kappa shape index (κ1) is 14.9. The lowest BCUT2D eigenvalue weighted by atomic mass is 9.93. The van der Waals surface area contributed by atoms with Crippen LogP contribution in [0.4, 0.5) is 0 Å². The summed E-state index contributed by atoms with van der Waals surface area (Å²) in [6.07, 6.45) is 2.70. The number of aromatic nitrogens is 1. The number of carbonyl (C=O) groups is 1. The van der Waals surface area contributed by atoms with Crippen LogP contribution in [-0.4, -0.2) is 43.9 Å². The van der Waals surface area contributed by atoms with E-state index in [1.807, 2.05) is 24.4 Å². The topological polar surface area (TPSA) is 60.5 Å². The number of para-hydroxylation sites is 1. The number of ether oxygens (including phenoxy) is 2. The van der Waals surface area contributed by atoms with Crippen molar-refractivity contribution in [3.05, 3.63) is 42.1 Å². The quantitative estimate of drug-likeness (QED) is 0.910. The van der Waals surface area contributed by atoms with Crippen LogP contribution >= 0.6 is 0 Å². The molecule has 116 valence electrons. The van der Waals surface area contributed by atoms with Crippen molar-refractivity contribution < 1.29 is 14.3 Å². The molecule has 1 aliphatic heterocycles. The van der Waals surface area contributed by atoms with Gasteiger partial charge in [-0.25, -0.2) is 0 Å². The Balaban J connectivity index is 1.74. The Kier molecular flexibility index (Phi) is 4.65. The normalized spacial score (nSPS) is 21.1. The van der Waals surface area contributed by atoms with E-state index in [-0.39, 0.29) is 24.5 Å². The van der Waals surface area contributed by atoms with E-state index in [0.717, 1.165) is 11.9 Å². The van der Waals surface area contributed by atoms with Crippen molar-refractivity contribution in [2.75, 3.05) is 26.9 Å². The van der Waals surface area contributed by atoms with Gasteiger partial charge in [0.1, 0.15) is 6.61 Å². The Morgan fingerprint density at radius 3 is 3.09 bits per heavy atom. The number of rotatable bonds is 5. The molecule has 0 spiro atoms. The van der Waals surface area contributed by atoms with Gasteiger partial charge in [-0.05, 0) is 24.1 Å². The van der Waals surface area contributed by atoms with Crippen molar-refractivity contribution in [1.82, 2.24) is 10.3 Å². The minimum absolute atomic E-state index is 0.0366. The second kappa shape index (κ2) is 6.85. The molecule has 0 radical (unpaired) electrons. The molecule has 2 atom stereocenters. The number of nitrogens with one attached hydrogen (secondary N) is 1. The van der Waals surface area contributed by atoms with Crippen molar-refractivity contribution in [2.24, 2.45) is 5.92 Å². The van der Waals surface area contributed by atoms with Crippen LogP contribution in [0.25, 0.3) is 10.9 Å². The Morgan fingerprint density at radius 2 is 2.23 bits per heavy atom. The second-order valence-electron chi connectivity index (χ2n) is 5.60. The molecule has 1 N–H and O–H groups in total. The fourth-order valence-corrected chi connectivity index (χ4v) is 2.95. The number of carbonyl (C=O) groups excluding carboxylic acids is 1. The summed E-state index contributed by atoms with van der Waals surface area (Å²) in [5, 5.41) is 4.16. The molecule has 1 fully saturated rings. The molecule has 1 saturated heterocycles. The van der Waals surface area contributed by atoms with Crippen LogP contribution in [0.1, 0.15) is 5.56 Å². The smallest absolute Gasteiger partial charge is 0.246 e. The van der Waals surface area contributed by atoms with E-state index in [1.54, 1.807) is 0 Å². The first-order valence-electron chi connectivity index (χ1n) is 7.46. The highest BCUT2D eigenvalue weighted by atomic mass is 16.5. The molecule has 5 heteroatoms. The maximum absolute atomic E-state index is 11.7. The lowest BCUT2D eigenvalue weighted by Gasteiger charge is -2.19. The summed E-state index contributed by atoms with van der Waals surface area (Å²) >= 11 is 0. The highest BCUT2D eigenvalue weighted by molar-refractivity contribution is 5.82. The van der Waals surface area contributed by atoms with Crippen molar-refractivity contribution in [3.63, 3.8) is 0 Å². The third kappa shape index (κ3) is 3.26. The molecular weight excluding hydrogens is 280 g/mol. The van der Waals surface area contributed by atoms with E-state index in [1.165, 1.54) is 18.1 Å². The summed E-state index contributed by atoms with van der Waals surface area (Å²) < 4.78 is 10.4. The third-order valence-electron chi connectivity index (χ3n) is 4.04. The van der Waals surface area contributed by atoms with E-state index < -0.39 is 0 Å². The molecule has 1 amide bonds. The number of fused-ring (bicyclic) bond motifs is 1. The van der Waals surface area contributed by atoms with Gasteiger partial charge in [0.25, 0.3) is 0 Å². The van der Waals surface area contributed by atoms with Crippen LogP contribution in [0.15, 0.2) is 36.5 Å². The SMILES string of the molecule is COCC(=O)N[C@H]1COC[C@H]1Cc1ccnc2ccccc12. The number of methoxy groups -OCH3 is 1. The molecule has 5 nitrogen and oxygen atoms in total. The van der Waals surface area contributed by atoms with Gasteiger partial charge in [0.05, 0.1) is 24.8 Å². The van der Waals surface area contributed by atoms with Crippen molar-refractivity contribution >= 4 is 16.8 Å². The van der Waals surface area contributed by atoms with E-state index in [0.29, 0.717) is 13.2 Å². The van der Waals surface area contributed by atoms with Crippen LogP contribution in [-0.2, 0) is 20.7 Å². The second-order valence-corrected chi connectivity index (χ2v) is 5.60. The molecule has 0 aliphatic carbocycles. The summed E-state index contributed by atoms with van der Waals surface area (Å²) in [4.78, 5) is 16.1. The summed E-state index contributed by atoms with van der Waals surface area (Å²) in [7, 11) is 1.52. The molecule has 1 aromatic carbocycles. The van der Waals surface area contributed by atoms with E-state index in [9.17, 15) is 4.79 Å². The number of hydrogen-bond donors (Lipinski definition) is 1. The van der Waals surface area contributed by atoms with Crippen molar-refractivity contribution in [1.29, 1.82) is 0 Å². The summed E-state index contributed by atoms with van der Waals surface area (Å²) in [6, 6.07) is 10.2. The fraction of sp³-hybridized carbons (Fsp3) is 0.412. The van der Waals surface area contributed by atoms with Crippen LogP contribution in [0, 0.1) is 5.92 Å². The van der Waals surface area contributed by atoms with Crippen LogP contribution in [0.2, 0.25) is 0 Å². The number of amides is 1. The molecule has 1 aliphatic rings. The summed E-state index contributed by atoms with van der Waals surface area (Å²) in [5.41, 5.74) is 2.24. The van der Waals surface area contributed by atoms with Gasteiger partial charge in [-0.15, -0.1) is 0 Å². The Bertz CT molecular complexity index is 654. The Labute approximate surface area is 129 Å². The van der Waals surface area contributed by atoms with Gasteiger partial charge in [-0.1, -0.05) is 18.2 Å². The molecule has 0 unspecified atom stereocenters. The average Bonchev–Trinajstić information content (AvgIpc) is 2.95. The first-order valence-corrected chi connectivity index (χ1v) is 7.46. The van der Waals surface area contributed by atoms with Crippen LogP contribution in [0.5, 0.6) is 0 Å². The largest absolute Gasteiger partial charge is 0.379 e. The Hall–Kier alpha value is -1.98. The number of nitrogens with zero attached hydrogens (tertiary/aromatic N) is 1. The molecule has 22 heavy (non-hydrogen) atoms. The summed E-state index contributed by atoms with van der Waals surface area (Å²) in [5.74, 6) is 0.175. The molecule has 0 saturated carbocycles. The van der Waals surface area contributed by atoms with E-state index in [2.05, 4.69) is 22.4 Å². The van der Waals surface area contributed by atoms with Gasteiger partial charge in [-0.2, -0.15) is 0 Å². The molecular formula is C17H20N2O3. The number of benzene rings is 1. The van der Waals surface area contributed by atoms with Crippen LogP contribution < -0.4 is 5.32 Å². The molecule has 0 bridgehead atoms. The predicted molar refractivity (Wildman–Crippen MR) is 83.6 cm³/mol. The lowest BCUT2D eigenvalue weighted by Crippen LogP contribution is -2.42. The fourth-order valence-electron chi connectivity index (χ4n) is 2.95. The first-order chi connectivity index (χ1) is 10.8. The number of pyridine rings is 1. The maximum Gasteiger partial charge on any atom is 0.246 e. The molecule has 1 aromatic heterocycles. The highest BCUT2D eigenvalue weighted by Crippen LogP contribution is 2.24. The van der Waals surface area contributed by atoms with E-state index >= 15 is 0 Å². The maximum atomic E-state index is 11.7. The van der Waals surface area contributed by atoms with Crippen molar-refractivity contribution in [2.45, 2.75) is 12.5 Å². The molecule has 3 rings (SSSR count). The zero-order chi connectivity index (χ0) is 15.4. The third-order valence-corrected chi connectivity index (χ3v) is 4.04. The van der Waals surface area contributed by atoms with Gasteiger partial charge in [0.15, 0.2) is 0 Å². The zero-order valence-corrected chi connectivity index (χ0v) is 12.6. The van der Waals surface area contributed by atoms with Crippen molar-refractivity contribution in [3.8, 4) is 0 Å².